The molecule has 8 heteroatoms. The van der Waals surface area contributed by atoms with Crippen LogP contribution in [0, 0.1) is 9.39 Å². The van der Waals surface area contributed by atoms with Gasteiger partial charge in [-0.3, -0.25) is 9.59 Å². The lowest BCUT2D eigenvalue weighted by Crippen LogP contribution is -2.31. The lowest BCUT2D eigenvalue weighted by Gasteiger charge is -2.15. The second-order valence-corrected chi connectivity index (χ2v) is 7.34. The molecule has 27 heavy (non-hydrogen) atoms. The van der Waals surface area contributed by atoms with E-state index in [0.717, 1.165) is 3.57 Å². The van der Waals surface area contributed by atoms with Gasteiger partial charge in [0.2, 0.25) is 0 Å². The molecule has 0 unspecified atom stereocenters. The van der Waals surface area contributed by atoms with Gasteiger partial charge in [0.05, 0.1) is 11.6 Å². The molecule has 0 atom stereocenters. The Bertz CT molecular complexity index is 1060. The zero-order chi connectivity index (χ0) is 19.6. The van der Waals surface area contributed by atoms with E-state index in [4.69, 9.17) is 9.52 Å². The van der Waals surface area contributed by atoms with E-state index in [1.807, 2.05) is 22.6 Å². The van der Waals surface area contributed by atoms with Crippen molar-refractivity contribution < 1.29 is 18.7 Å². The van der Waals surface area contributed by atoms with Crippen LogP contribution in [0.25, 0.3) is 11.0 Å². The van der Waals surface area contributed by atoms with Crippen LogP contribution in [-0.4, -0.2) is 28.7 Å². The van der Waals surface area contributed by atoms with Crippen LogP contribution in [0.4, 0.5) is 4.39 Å². The van der Waals surface area contributed by atoms with Gasteiger partial charge in [-0.25, -0.2) is 4.39 Å². The van der Waals surface area contributed by atoms with E-state index in [-0.39, 0.29) is 41.7 Å². The van der Waals surface area contributed by atoms with Gasteiger partial charge in [0, 0.05) is 35.9 Å². The molecule has 0 saturated carbocycles. The third-order valence-corrected chi connectivity index (χ3v) is 5.01. The van der Waals surface area contributed by atoms with Gasteiger partial charge >= 0.3 is 0 Å². The standard InChI is InChI=1S/C19H18FIN2O4/c1-23-15(9-11-3-4-12(21)10-14(11)20)16(18(25)22-6-2-7-24)17-13(19(23)26)5-8-27-17/h3-5,8,10,24H,2,6-7,9H2,1H3,(H,22,25). The summed E-state index contributed by atoms with van der Waals surface area (Å²) in [7, 11) is 1.55. The molecule has 142 valence electrons. The molecule has 3 aromatic rings. The summed E-state index contributed by atoms with van der Waals surface area (Å²) < 4.78 is 21.9. The first kappa shape index (κ1) is 19.6. The molecular formula is C19H18FIN2O4. The monoisotopic (exact) mass is 484 g/mol. The lowest BCUT2D eigenvalue weighted by atomic mass is 10.0. The molecule has 2 aromatic heterocycles. The molecule has 6 nitrogen and oxygen atoms in total. The Morgan fingerprint density at radius 1 is 1.37 bits per heavy atom. The number of aliphatic hydroxyl groups is 1. The van der Waals surface area contributed by atoms with Crippen molar-refractivity contribution in [1.82, 2.24) is 9.88 Å². The molecule has 1 amide bonds. The number of aliphatic hydroxyl groups excluding tert-OH is 1. The highest BCUT2D eigenvalue weighted by atomic mass is 127. The molecule has 2 N–H and O–H groups in total. The van der Waals surface area contributed by atoms with Crippen LogP contribution in [0.5, 0.6) is 0 Å². The smallest absolute Gasteiger partial charge is 0.261 e. The van der Waals surface area contributed by atoms with E-state index in [9.17, 15) is 14.0 Å². The molecule has 3 rings (SSSR count). The van der Waals surface area contributed by atoms with E-state index in [0.29, 0.717) is 17.7 Å². The summed E-state index contributed by atoms with van der Waals surface area (Å²) in [6.45, 7) is 0.224. The fraction of sp³-hybridized carbons (Fsp3) is 0.263. The van der Waals surface area contributed by atoms with Crippen molar-refractivity contribution in [2.45, 2.75) is 12.8 Å². The number of halogens is 2. The normalized spacial score (nSPS) is 11.1. The molecule has 0 bridgehead atoms. The Hall–Kier alpha value is -2.20. The maximum atomic E-state index is 14.4. The largest absolute Gasteiger partial charge is 0.463 e. The van der Waals surface area contributed by atoms with E-state index >= 15 is 0 Å². The Balaban J connectivity index is 2.14. The first-order valence-corrected chi connectivity index (χ1v) is 9.44. The van der Waals surface area contributed by atoms with Gasteiger partial charge in [0.1, 0.15) is 11.4 Å². The van der Waals surface area contributed by atoms with E-state index in [2.05, 4.69) is 5.32 Å². The van der Waals surface area contributed by atoms with E-state index in [1.54, 1.807) is 19.2 Å². The van der Waals surface area contributed by atoms with Gasteiger partial charge in [-0.2, -0.15) is 0 Å². The Kier molecular flexibility index (Phi) is 5.95. The third kappa shape index (κ3) is 3.91. The summed E-state index contributed by atoms with van der Waals surface area (Å²) >= 11 is 2.02. The van der Waals surface area contributed by atoms with Crippen LogP contribution < -0.4 is 10.9 Å². The average molecular weight is 484 g/mol. The molecule has 0 radical (unpaired) electrons. The second kappa shape index (κ2) is 8.22. The maximum absolute atomic E-state index is 14.4. The molecule has 0 saturated heterocycles. The van der Waals surface area contributed by atoms with Crippen molar-refractivity contribution >= 4 is 39.5 Å². The summed E-state index contributed by atoms with van der Waals surface area (Å²) in [5.41, 5.74) is 0.810. The third-order valence-electron chi connectivity index (χ3n) is 4.34. The van der Waals surface area contributed by atoms with Crippen LogP contribution in [-0.2, 0) is 13.5 Å². The number of aromatic nitrogens is 1. The summed E-state index contributed by atoms with van der Waals surface area (Å²) in [4.78, 5) is 25.4. The van der Waals surface area contributed by atoms with Crippen molar-refractivity contribution in [3.8, 4) is 0 Å². The number of hydrogen-bond acceptors (Lipinski definition) is 4. The zero-order valence-electron chi connectivity index (χ0n) is 14.6. The van der Waals surface area contributed by atoms with Crippen molar-refractivity contribution in [3.63, 3.8) is 0 Å². The fourth-order valence-corrected chi connectivity index (χ4v) is 3.38. The van der Waals surface area contributed by atoms with Crippen molar-refractivity contribution in [3.05, 3.63) is 67.1 Å². The van der Waals surface area contributed by atoms with Crippen LogP contribution in [0.2, 0.25) is 0 Å². The Labute approximate surface area is 168 Å². The minimum Gasteiger partial charge on any atom is -0.463 e. The highest BCUT2D eigenvalue weighted by Gasteiger charge is 2.23. The first-order chi connectivity index (χ1) is 12.9. The number of rotatable bonds is 6. The number of carbonyl (C=O) groups excluding carboxylic acids is 1. The predicted molar refractivity (Wildman–Crippen MR) is 107 cm³/mol. The minimum absolute atomic E-state index is 0.0512. The molecule has 0 spiro atoms. The van der Waals surface area contributed by atoms with Gasteiger partial charge in [-0.15, -0.1) is 0 Å². The van der Waals surface area contributed by atoms with Gasteiger partial charge < -0.3 is 19.4 Å². The van der Waals surface area contributed by atoms with Crippen LogP contribution in [0.3, 0.4) is 0 Å². The number of nitrogens with one attached hydrogen (secondary N) is 1. The minimum atomic E-state index is -0.431. The highest BCUT2D eigenvalue weighted by molar-refractivity contribution is 14.1. The van der Waals surface area contributed by atoms with E-state index < -0.39 is 11.7 Å². The predicted octanol–water partition coefficient (Wildman–Crippen LogP) is 2.58. The summed E-state index contributed by atoms with van der Waals surface area (Å²) in [6.07, 6.45) is 1.82. The molecule has 2 heterocycles. The Morgan fingerprint density at radius 2 is 2.15 bits per heavy atom. The zero-order valence-corrected chi connectivity index (χ0v) is 16.7. The summed E-state index contributed by atoms with van der Waals surface area (Å²) in [5.74, 6) is -0.833. The number of furan rings is 1. The average Bonchev–Trinajstić information content (AvgIpc) is 3.11. The molecular weight excluding hydrogens is 466 g/mol. The molecule has 1 aromatic carbocycles. The van der Waals surface area contributed by atoms with Crippen molar-refractivity contribution in [2.24, 2.45) is 7.05 Å². The van der Waals surface area contributed by atoms with Crippen LogP contribution in [0.1, 0.15) is 28.0 Å². The number of nitrogens with zero attached hydrogens (tertiary/aromatic N) is 1. The topological polar surface area (TPSA) is 84.5 Å². The second-order valence-electron chi connectivity index (χ2n) is 6.09. The molecule has 0 aliphatic rings. The quantitative estimate of drug-likeness (QED) is 0.416. The molecule has 0 aliphatic carbocycles. The number of pyridine rings is 1. The Morgan fingerprint density at radius 3 is 2.85 bits per heavy atom. The fourth-order valence-electron chi connectivity index (χ4n) is 2.93. The first-order valence-electron chi connectivity index (χ1n) is 8.36. The van der Waals surface area contributed by atoms with Crippen molar-refractivity contribution in [1.29, 1.82) is 0 Å². The van der Waals surface area contributed by atoms with E-state index in [1.165, 1.54) is 23.0 Å². The number of amides is 1. The van der Waals surface area contributed by atoms with Gasteiger partial charge in [-0.05, 0) is 52.8 Å². The number of hydrogen-bond donors (Lipinski definition) is 2. The summed E-state index contributed by atoms with van der Waals surface area (Å²) in [5, 5.41) is 11.9. The van der Waals surface area contributed by atoms with Gasteiger partial charge in [-0.1, -0.05) is 6.07 Å². The highest BCUT2D eigenvalue weighted by Crippen LogP contribution is 2.24. The molecule has 0 aliphatic heterocycles. The number of fused-ring (bicyclic) bond motifs is 1. The summed E-state index contributed by atoms with van der Waals surface area (Å²) in [6, 6.07) is 6.32. The van der Waals surface area contributed by atoms with Gasteiger partial charge in [0.25, 0.3) is 11.5 Å². The van der Waals surface area contributed by atoms with Crippen LogP contribution in [0.15, 0.2) is 39.7 Å². The van der Waals surface area contributed by atoms with Crippen LogP contribution >= 0.6 is 22.6 Å². The lowest BCUT2D eigenvalue weighted by molar-refractivity contribution is 0.0950. The molecule has 0 fully saturated rings. The number of carbonyl (C=O) groups is 1. The van der Waals surface area contributed by atoms with Gasteiger partial charge in [0.15, 0.2) is 5.58 Å². The maximum Gasteiger partial charge on any atom is 0.261 e. The SMILES string of the molecule is Cn1c(Cc2ccc(I)cc2F)c(C(=O)NCCCO)c2occc2c1=O. The van der Waals surface area contributed by atoms with Crippen molar-refractivity contribution in [2.75, 3.05) is 13.2 Å². The number of benzene rings is 1.